The van der Waals surface area contributed by atoms with Gasteiger partial charge in [0.2, 0.25) is 0 Å². The third kappa shape index (κ3) is 2.50. The van der Waals surface area contributed by atoms with Crippen molar-refractivity contribution in [3.8, 4) is 0 Å². The fourth-order valence-corrected chi connectivity index (χ4v) is 10.0. The summed E-state index contributed by atoms with van der Waals surface area (Å²) in [6.07, 6.45) is 14.3. The molecule has 0 heterocycles. The number of allylic oxidation sites excluding steroid dienone is 8. The zero-order valence-electron chi connectivity index (χ0n) is 9.96. The van der Waals surface area contributed by atoms with Crippen molar-refractivity contribution >= 4 is 0 Å². The average Bonchev–Trinajstić information content (AvgIpc) is 2.57. The van der Waals surface area contributed by atoms with Crippen LogP contribution in [0.2, 0.25) is 6.34 Å². The molecule has 2 aliphatic rings. The first-order chi connectivity index (χ1) is 6.91. The number of rotatable bonds is 2. The summed E-state index contributed by atoms with van der Waals surface area (Å²) in [5.41, 5.74) is 2.88. The van der Waals surface area contributed by atoms with E-state index >= 15 is 0 Å². The van der Waals surface area contributed by atoms with E-state index in [-0.39, 0.29) is 0 Å². The average molecular weight is 365 g/mol. The maximum absolute atomic E-state index is 2.47. The topological polar surface area (TPSA) is 0 Å². The van der Waals surface area contributed by atoms with Crippen LogP contribution in [-0.2, 0) is 22.9 Å². The van der Waals surface area contributed by atoms with Crippen LogP contribution in [0.3, 0.4) is 0 Å². The zero-order chi connectivity index (χ0) is 11.1. The maximum atomic E-state index is 2.47. The van der Waals surface area contributed by atoms with E-state index < -0.39 is 22.9 Å². The second kappa shape index (κ2) is 3.69. The molecule has 2 rings (SSSR count). The van der Waals surface area contributed by atoms with Crippen LogP contribution in [0.25, 0.3) is 0 Å². The van der Waals surface area contributed by atoms with E-state index in [0.717, 1.165) is 0 Å². The van der Waals surface area contributed by atoms with Crippen LogP contribution in [0, 0.1) is 0 Å². The Morgan fingerprint density at radius 3 is 1.53 bits per heavy atom. The molecule has 0 N–H and O–H groups in total. The summed E-state index contributed by atoms with van der Waals surface area (Å²) in [7, 11) is 0. The van der Waals surface area contributed by atoms with Gasteiger partial charge in [-0.15, -0.1) is 0 Å². The first-order valence-corrected chi connectivity index (χ1v) is 9.07. The van der Waals surface area contributed by atoms with Crippen molar-refractivity contribution in [2.45, 2.75) is 34.0 Å². The van der Waals surface area contributed by atoms with Crippen molar-refractivity contribution in [3.63, 3.8) is 0 Å². The Morgan fingerprint density at radius 1 is 0.867 bits per heavy atom. The molecule has 78 valence electrons. The summed E-state index contributed by atoms with van der Waals surface area (Å²) >= 11 is -0.774. The second-order valence-corrected chi connectivity index (χ2v) is 13.8. The molecule has 0 saturated heterocycles. The second-order valence-electron chi connectivity index (χ2n) is 5.13. The van der Waals surface area contributed by atoms with Gasteiger partial charge in [0.1, 0.15) is 0 Å². The van der Waals surface area contributed by atoms with E-state index in [2.05, 4.69) is 64.2 Å². The molecule has 0 aromatic rings. The molecule has 1 heteroatoms. The predicted molar refractivity (Wildman–Crippen MR) is 62.5 cm³/mol. The third-order valence-electron chi connectivity index (χ3n) is 2.98. The molecule has 2 aliphatic carbocycles. The summed E-state index contributed by atoms with van der Waals surface area (Å²) in [5.74, 6) is 0. The van der Waals surface area contributed by atoms with E-state index in [1.807, 2.05) is 0 Å². The molecule has 2 unspecified atom stereocenters. The van der Waals surface area contributed by atoms with E-state index in [4.69, 9.17) is 0 Å². The minimum atomic E-state index is -0.774. The fraction of sp³-hybridized carbons (Fsp3) is 0.429. The molecule has 0 bridgehead atoms. The quantitative estimate of drug-likeness (QED) is 0.635. The Hall–Kier alpha value is -0.170. The van der Waals surface area contributed by atoms with Crippen LogP contribution in [0.1, 0.15) is 27.7 Å². The van der Waals surface area contributed by atoms with Gasteiger partial charge in [0, 0.05) is 0 Å². The molecule has 0 nitrogen and oxygen atoms in total. The van der Waals surface area contributed by atoms with Gasteiger partial charge in [-0.05, 0) is 0 Å². The van der Waals surface area contributed by atoms with Crippen molar-refractivity contribution in [1.29, 1.82) is 0 Å². The Balaban J connectivity index is 2.18. The SMILES string of the molecule is CC1=C[C](C)([Hf][C]2(C)C=CC(C)=C2)C=C1. The standard InChI is InChI=1S/2C7H9.Hf/c2*1-6-3-4-7(2)5-6;/h2*3-5H,1-2H3;. The normalized spacial score (nSPS) is 38.1. The van der Waals surface area contributed by atoms with Gasteiger partial charge in [-0.3, -0.25) is 0 Å². The Kier molecular flexibility index (Phi) is 2.79. The van der Waals surface area contributed by atoms with Gasteiger partial charge in [0.25, 0.3) is 0 Å². The monoisotopic (exact) mass is 366 g/mol. The molecule has 0 fully saturated rings. The summed E-state index contributed by atoms with van der Waals surface area (Å²) in [6.45, 7) is 9.23. The van der Waals surface area contributed by atoms with Crippen LogP contribution in [0.15, 0.2) is 47.6 Å². The first kappa shape index (κ1) is 11.3. The van der Waals surface area contributed by atoms with E-state index in [0.29, 0.717) is 6.34 Å². The third-order valence-corrected chi connectivity index (χ3v) is 9.08. The van der Waals surface area contributed by atoms with Gasteiger partial charge in [-0.25, -0.2) is 0 Å². The van der Waals surface area contributed by atoms with Gasteiger partial charge in [0.15, 0.2) is 0 Å². The molecule has 0 spiro atoms. The summed E-state index contributed by atoms with van der Waals surface area (Å²) in [5, 5.41) is 0. The van der Waals surface area contributed by atoms with Crippen LogP contribution in [-0.4, -0.2) is 0 Å². The Morgan fingerprint density at radius 2 is 1.27 bits per heavy atom. The number of hydrogen-bond donors (Lipinski definition) is 0. The Labute approximate surface area is 104 Å². The molecule has 0 radical (unpaired) electrons. The van der Waals surface area contributed by atoms with Gasteiger partial charge >= 0.3 is 105 Å². The molecule has 0 amide bonds. The van der Waals surface area contributed by atoms with Crippen LogP contribution in [0.4, 0.5) is 0 Å². The minimum absolute atomic E-state index is 0.435. The van der Waals surface area contributed by atoms with Gasteiger partial charge < -0.3 is 0 Å². The summed E-state index contributed by atoms with van der Waals surface area (Å²) < 4.78 is 0.870. The van der Waals surface area contributed by atoms with Crippen molar-refractivity contribution in [1.82, 2.24) is 0 Å². The van der Waals surface area contributed by atoms with Gasteiger partial charge in [0.05, 0.1) is 0 Å². The molecule has 0 aromatic carbocycles. The molecule has 15 heavy (non-hydrogen) atoms. The Bertz CT molecular complexity index is 360. The molecular weight excluding hydrogens is 347 g/mol. The molecule has 2 atom stereocenters. The first-order valence-electron chi connectivity index (χ1n) is 5.48. The zero-order valence-corrected chi connectivity index (χ0v) is 13.6. The predicted octanol–water partition coefficient (Wildman–Crippen LogP) is 4.46. The van der Waals surface area contributed by atoms with Gasteiger partial charge in [-0.2, -0.15) is 0 Å². The van der Waals surface area contributed by atoms with Crippen molar-refractivity contribution in [2.75, 3.05) is 0 Å². The van der Waals surface area contributed by atoms with E-state index in [1.54, 1.807) is 0 Å². The molecule has 0 saturated carbocycles. The van der Waals surface area contributed by atoms with Crippen molar-refractivity contribution in [3.05, 3.63) is 47.6 Å². The fourth-order valence-electron chi connectivity index (χ4n) is 2.48. The van der Waals surface area contributed by atoms with Crippen LogP contribution in [0.5, 0.6) is 0 Å². The van der Waals surface area contributed by atoms with Crippen LogP contribution < -0.4 is 0 Å². The summed E-state index contributed by atoms with van der Waals surface area (Å²) in [4.78, 5) is 0. The van der Waals surface area contributed by atoms with E-state index in [1.165, 1.54) is 11.1 Å². The van der Waals surface area contributed by atoms with Crippen molar-refractivity contribution in [2.24, 2.45) is 0 Å². The molecule has 0 aliphatic heterocycles. The van der Waals surface area contributed by atoms with Gasteiger partial charge in [-0.1, -0.05) is 0 Å². The number of hydrogen-bond acceptors (Lipinski definition) is 0. The molecular formula is C14H18Hf. The van der Waals surface area contributed by atoms with Crippen LogP contribution >= 0.6 is 0 Å². The summed E-state index contributed by atoms with van der Waals surface area (Å²) in [6, 6.07) is 0. The van der Waals surface area contributed by atoms with E-state index in [9.17, 15) is 0 Å². The van der Waals surface area contributed by atoms with Crippen molar-refractivity contribution < 1.29 is 22.9 Å². The molecule has 0 aromatic heterocycles.